The number of rotatable bonds is 7. The van der Waals surface area contributed by atoms with Gasteiger partial charge >= 0.3 is 5.97 Å². The summed E-state index contributed by atoms with van der Waals surface area (Å²) in [5.74, 6) is -0.433. The monoisotopic (exact) mass is 441 g/mol. The number of hydrogen-bond acceptors (Lipinski definition) is 5. The molecule has 0 spiro atoms. The van der Waals surface area contributed by atoms with Crippen molar-refractivity contribution in [1.29, 1.82) is 0 Å². The molecule has 1 aromatic carbocycles. The number of fused-ring (bicyclic) bond motifs is 1. The fourth-order valence-corrected chi connectivity index (χ4v) is 4.99. The van der Waals surface area contributed by atoms with E-state index in [1.165, 1.54) is 23.5 Å². The van der Waals surface area contributed by atoms with E-state index in [4.69, 9.17) is 32.7 Å². The van der Waals surface area contributed by atoms with Gasteiger partial charge in [0, 0.05) is 10.4 Å². The molecule has 8 heteroatoms. The number of aryl methyl sites for hydroxylation is 1. The number of esters is 1. The standard InChI is InChI=1S/C20H21Cl2NO4S/c1-3-8-27-17-13(21)9-11(10-14(17)22)18(24)23-19-16(20(25)26-4-2)12-6-5-7-15(12)28-19/h9-10H,3-8H2,1-2H3,(H,23,24). The van der Waals surface area contributed by atoms with Crippen molar-refractivity contribution in [2.75, 3.05) is 18.5 Å². The van der Waals surface area contributed by atoms with Crippen molar-refractivity contribution in [1.82, 2.24) is 0 Å². The van der Waals surface area contributed by atoms with E-state index >= 15 is 0 Å². The Bertz CT molecular complexity index is 887. The van der Waals surface area contributed by atoms with Gasteiger partial charge in [0.15, 0.2) is 5.75 Å². The van der Waals surface area contributed by atoms with Crippen LogP contribution in [0.5, 0.6) is 5.75 Å². The van der Waals surface area contributed by atoms with Crippen molar-refractivity contribution >= 4 is 51.4 Å². The van der Waals surface area contributed by atoms with Crippen LogP contribution in [0.3, 0.4) is 0 Å². The van der Waals surface area contributed by atoms with E-state index < -0.39 is 11.9 Å². The number of benzene rings is 1. The summed E-state index contributed by atoms with van der Waals surface area (Å²) in [6, 6.07) is 3.03. The van der Waals surface area contributed by atoms with Gasteiger partial charge in [-0.1, -0.05) is 30.1 Å². The second kappa shape index (κ2) is 9.16. The van der Waals surface area contributed by atoms with Crippen LogP contribution in [0.1, 0.15) is 57.8 Å². The Balaban J connectivity index is 1.87. The van der Waals surface area contributed by atoms with Crippen LogP contribution >= 0.6 is 34.5 Å². The zero-order valence-electron chi connectivity index (χ0n) is 15.7. The van der Waals surface area contributed by atoms with Crippen LogP contribution in [0.4, 0.5) is 5.00 Å². The maximum Gasteiger partial charge on any atom is 0.341 e. The van der Waals surface area contributed by atoms with Crippen molar-refractivity contribution in [2.24, 2.45) is 0 Å². The van der Waals surface area contributed by atoms with E-state index in [-0.39, 0.29) is 16.7 Å². The minimum Gasteiger partial charge on any atom is -0.490 e. The molecule has 3 rings (SSSR count). The van der Waals surface area contributed by atoms with Gasteiger partial charge in [-0.3, -0.25) is 4.79 Å². The SMILES string of the molecule is CCCOc1c(Cl)cc(C(=O)Nc2sc3c(c2C(=O)OCC)CCC3)cc1Cl. The highest BCUT2D eigenvalue weighted by Gasteiger charge is 2.28. The summed E-state index contributed by atoms with van der Waals surface area (Å²) < 4.78 is 10.7. The van der Waals surface area contributed by atoms with Gasteiger partial charge < -0.3 is 14.8 Å². The lowest BCUT2D eigenvalue weighted by atomic mass is 10.1. The molecule has 0 aliphatic heterocycles. The Hall–Kier alpha value is -1.76. The first kappa shape index (κ1) is 21.0. The van der Waals surface area contributed by atoms with Crippen LogP contribution < -0.4 is 10.1 Å². The van der Waals surface area contributed by atoms with Gasteiger partial charge in [0.2, 0.25) is 0 Å². The fourth-order valence-electron chi connectivity index (χ4n) is 3.12. The zero-order valence-corrected chi connectivity index (χ0v) is 18.0. The predicted octanol–water partition coefficient (Wildman–Crippen LogP) is 5.76. The smallest absolute Gasteiger partial charge is 0.341 e. The van der Waals surface area contributed by atoms with Crippen LogP contribution in [-0.2, 0) is 17.6 Å². The lowest BCUT2D eigenvalue weighted by molar-refractivity contribution is 0.0527. The molecule has 150 valence electrons. The molecule has 1 heterocycles. The average molecular weight is 442 g/mol. The molecule has 0 atom stereocenters. The van der Waals surface area contributed by atoms with Crippen LogP contribution in [0.25, 0.3) is 0 Å². The van der Waals surface area contributed by atoms with Gasteiger partial charge in [0.1, 0.15) is 5.00 Å². The van der Waals surface area contributed by atoms with Gasteiger partial charge in [0.05, 0.1) is 28.8 Å². The topological polar surface area (TPSA) is 64.6 Å². The van der Waals surface area contributed by atoms with Gasteiger partial charge in [-0.15, -0.1) is 11.3 Å². The molecule has 0 saturated carbocycles. The Labute approximate surface area is 177 Å². The van der Waals surface area contributed by atoms with E-state index in [0.717, 1.165) is 36.1 Å². The maximum absolute atomic E-state index is 12.8. The number of ether oxygens (including phenoxy) is 2. The van der Waals surface area contributed by atoms with Crippen LogP contribution in [0, 0.1) is 0 Å². The molecule has 1 N–H and O–H groups in total. The Morgan fingerprint density at radius 1 is 1.18 bits per heavy atom. The lowest BCUT2D eigenvalue weighted by Crippen LogP contribution is -2.15. The third-order valence-corrected chi connectivity index (χ3v) is 6.11. The molecule has 1 aliphatic rings. The molecule has 0 bridgehead atoms. The van der Waals surface area contributed by atoms with E-state index in [0.29, 0.717) is 28.5 Å². The Morgan fingerprint density at radius 3 is 2.54 bits per heavy atom. The van der Waals surface area contributed by atoms with E-state index in [9.17, 15) is 9.59 Å². The maximum atomic E-state index is 12.8. The van der Waals surface area contributed by atoms with Gasteiger partial charge in [-0.25, -0.2) is 4.79 Å². The number of amides is 1. The number of carbonyl (C=O) groups excluding carboxylic acids is 2. The quantitative estimate of drug-likeness (QED) is 0.554. The van der Waals surface area contributed by atoms with Crippen LogP contribution in [0.2, 0.25) is 10.0 Å². The molecular formula is C20H21Cl2NO4S. The van der Waals surface area contributed by atoms with Crippen molar-refractivity contribution in [3.63, 3.8) is 0 Å². The second-order valence-corrected chi connectivity index (χ2v) is 8.27. The average Bonchev–Trinajstić information content (AvgIpc) is 3.21. The largest absolute Gasteiger partial charge is 0.490 e. The summed E-state index contributed by atoms with van der Waals surface area (Å²) in [6.07, 6.45) is 3.54. The molecule has 0 fully saturated rings. The summed E-state index contributed by atoms with van der Waals surface area (Å²) in [5, 5.41) is 3.88. The van der Waals surface area contributed by atoms with Gasteiger partial charge in [-0.2, -0.15) is 0 Å². The molecule has 28 heavy (non-hydrogen) atoms. The molecule has 1 aromatic heterocycles. The summed E-state index contributed by atoms with van der Waals surface area (Å²) >= 11 is 13.9. The van der Waals surface area contributed by atoms with Crippen molar-refractivity contribution in [3.8, 4) is 5.75 Å². The first-order valence-electron chi connectivity index (χ1n) is 9.21. The third-order valence-electron chi connectivity index (χ3n) is 4.34. The highest BCUT2D eigenvalue weighted by atomic mass is 35.5. The number of hydrogen-bond donors (Lipinski definition) is 1. The molecule has 1 amide bonds. The Kier molecular flexibility index (Phi) is 6.86. The molecule has 5 nitrogen and oxygen atoms in total. The number of anilines is 1. The normalized spacial score (nSPS) is 12.6. The highest BCUT2D eigenvalue weighted by molar-refractivity contribution is 7.17. The van der Waals surface area contributed by atoms with Crippen molar-refractivity contribution in [2.45, 2.75) is 39.5 Å². The minimum absolute atomic E-state index is 0.269. The molecule has 0 unspecified atom stereocenters. The van der Waals surface area contributed by atoms with E-state index in [2.05, 4.69) is 5.32 Å². The van der Waals surface area contributed by atoms with Crippen molar-refractivity contribution in [3.05, 3.63) is 43.7 Å². The minimum atomic E-state index is -0.406. The van der Waals surface area contributed by atoms with Gasteiger partial charge in [-0.05, 0) is 50.3 Å². The first-order chi connectivity index (χ1) is 13.5. The van der Waals surface area contributed by atoms with Crippen molar-refractivity contribution < 1.29 is 19.1 Å². The third kappa shape index (κ3) is 4.29. The predicted molar refractivity (Wildman–Crippen MR) is 113 cm³/mol. The van der Waals surface area contributed by atoms with Gasteiger partial charge in [0.25, 0.3) is 5.91 Å². The number of thiophene rings is 1. The van der Waals surface area contributed by atoms with Crippen LogP contribution in [-0.4, -0.2) is 25.1 Å². The number of carbonyl (C=O) groups is 2. The summed E-state index contributed by atoms with van der Waals surface area (Å²) in [5.41, 5.74) is 1.74. The summed E-state index contributed by atoms with van der Waals surface area (Å²) in [4.78, 5) is 26.3. The summed E-state index contributed by atoms with van der Waals surface area (Å²) in [7, 11) is 0. The lowest BCUT2D eigenvalue weighted by Gasteiger charge is -2.12. The highest BCUT2D eigenvalue weighted by Crippen LogP contribution is 2.40. The van der Waals surface area contributed by atoms with Crippen LogP contribution in [0.15, 0.2) is 12.1 Å². The van der Waals surface area contributed by atoms with E-state index in [1.807, 2.05) is 6.92 Å². The molecule has 0 radical (unpaired) electrons. The molecule has 2 aromatic rings. The molecular weight excluding hydrogens is 421 g/mol. The molecule has 0 saturated heterocycles. The molecule has 1 aliphatic carbocycles. The zero-order chi connectivity index (χ0) is 20.3. The number of nitrogens with one attached hydrogen (secondary N) is 1. The van der Waals surface area contributed by atoms with E-state index in [1.54, 1.807) is 6.92 Å². The Morgan fingerprint density at radius 2 is 1.89 bits per heavy atom. The fraction of sp³-hybridized carbons (Fsp3) is 0.400. The first-order valence-corrected chi connectivity index (χ1v) is 10.8. The summed E-state index contributed by atoms with van der Waals surface area (Å²) in [6.45, 7) is 4.49. The second-order valence-electron chi connectivity index (χ2n) is 6.35. The number of halogens is 2.